The maximum absolute atomic E-state index is 5.94. The monoisotopic (exact) mass is 282 g/mol. The minimum atomic E-state index is 0.142. The van der Waals surface area contributed by atoms with Gasteiger partial charge in [-0.3, -0.25) is 0 Å². The van der Waals surface area contributed by atoms with Gasteiger partial charge in [0.15, 0.2) is 0 Å². The Bertz CT molecular complexity index is 389. The number of thiol groups is 1. The highest BCUT2D eigenvalue weighted by Gasteiger charge is 2.32. The third-order valence-corrected chi connectivity index (χ3v) is 4.22. The molecule has 1 fully saturated rings. The minimum Gasteiger partial charge on any atom is -0.494 e. The Balaban J connectivity index is 1.94. The Morgan fingerprint density at radius 2 is 1.89 bits per heavy atom. The zero-order valence-electron chi connectivity index (χ0n) is 11.4. The summed E-state index contributed by atoms with van der Waals surface area (Å²) in [6.45, 7) is 4.95. The quantitative estimate of drug-likeness (QED) is 0.812. The van der Waals surface area contributed by atoms with Crippen molar-refractivity contribution in [3.8, 4) is 11.5 Å². The second kappa shape index (κ2) is 7.06. The van der Waals surface area contributed by atoms with E-state index >= 15 is 0 Å². The molecule has 106 valence electrons. The van der Waals surface area contributed by atoms with E-state index in [2.05, 4.69) is 12.6 Å². The van der Waals surface area contributed by atoms with Crippen molar-refractivity contribution >= 4 is 12.6 Å². The van der Waals surface area contributed by atoms with Gasteiger partial charge >= 0.3 is 0 Å². The van der Waals surface area contributed by atoms with Crippen LogP contribution in [0.4, 0.5) is 0 Å². The Morgan fingerprint density at radius 3 is 2.53 bits per heavy atom. The van der Waals surface area contributed by atoms with Gasteiger partial charge in [-0.1, -0.05) is 6.07 Å². The van der Waals surface area contributed by atoms with Crippen LogP contribution in [-0.4, -0.2) is 32.2 Å². The largest absolute Gasteiger partial charge is 0.494 e. The summed E-state index contributed by atoms with van der Waals surface area (Å²) in [5.74, 6) is 2.55. The first kappa shape index (κ1) is 14.5. The van der Waals surface area contributed by atoms with Gasteiger partial charge in [0, 0.05) is 24.7 Å². The Morgan fingerprint density at radius 1 is 1.21 bits per heavy atom. The highest BCUT2D eigenvalue weighted by Crippen LogP contribution is 2.33. The number of hydrogen-bond donors (Lipinski definition) is 1. The van der Waals surface area contributed by atoms with Gasteiger partial charge in [-0.25, -0.2) is 0 Å². The molecule has 2 rings (SSSR count). The SMILES string of the molecule is CCOc1cccc(OCC2(CS)CCOCC2)c1. The summed E-state index contributed by atoms with van der Waals surface area (Å²) in [4.78, 5) is 0. The molecule has 1 aromatic carbocycles. The molecule has 19 heavy (non-hydrogen) atoms. The summed E-state index contributed by atoms with van der Waals surface area (Å²) in [6, 6.07) is 7.81. The molecule has 0 unspecified atom stereocenters. The average molecular weight is 282 g/mol. The predicted octanol–water partition coefficient (Wildman–Crippen LogP) is 3.19. The van der Waals surface area contributed by atoms with Crippen LogP contribution in [0.5, 0.6) is 11.5 Å². The summed E-state index contributed by atoms with van der Waals surface area (Å²) < 4.78 is 16.8. The Hall–Kier alpha value is -0.870. The summed E-state index contributed by atoms with van der Waals surface area (Å²) in [5, 5.41) is 0. The van der Waals surface area contributed by atoms with Crippen molar-refractivity contribution in [3.05, 3.63) is 24.3 Å². The van der Waals surface area contributed by atoms with Crippen LogP contribution >= 0.6 is 12.6 Å². The van der Waals surface area contributed by atoms with Crippen molar-refractivity contribution in [2.24, 2.45) is 5.41 Å². The minimum absolute atomic E-state index is 0.142. The molecule has 0 atom stereocenters. The van der Waals surface area contributed by atoms with E-state index in [1.165, 1.54) is 0 Å². The molecule has 1 aromatic rings. The van der Waals surface area contributed by atoms with Crippen LogP contribution in [0.2, 0.25) is 0 Å². The standard InChI is InChI=1S/C15H22O3S/c1-2-17-13-4-3-5-14(10-13)18-11-15(12-19)6-8-16-9-7-15/h3-5,10,19H,2,6-9,11-12H2,1H3. The van der Waals surface area contributed by atoms with Crippen molar-refractivity contribution in [3.63, 3.8) is 0 Å². The van der Waals surface area contributed by atoms with Crippen LogP contribution in [0.15, 0.2) is 24.3 Å². The lowest BCUT2D eigenvalue weighted by Crippen LogP contribution is -2.36. The molecular formula is C15H22O3S. The van der Waals surface area contributed by atoms with Crippen LogP contribution in [-0.2, 0) is 4.74 Å². The maximum atomic E-state index is 5.94. The Labute approximate surface area is 120 Å². The zero-order valence-corrected chi connectivity index (χ0v) is 12.3. The Kier molecular flexibility index (Phi) is 5.40. The van der Waals surface area contributed by atoms with Crippen LogP contribution < -0.4 is 9.47 Å². The third-order valence-electron chi connectivity index (χ3n) is 3.55. The van der Waals surface area contributed by atoms with Crippen LogP contribution in [0.25, 0.3) is 0 Å². The van der Waals surface area contributed by atoms with Crippen LogP contribution in [0.1, 0.15) is 19.8 Å². The van der Waals surface area contributed by atoms with Gasteiger partial charge < -0.3 is 14.2 Å². The smallest absolute Gasteiger partial charge is 0.123 e. The topological polar surface area (TPSA) is 27.7 Å². The molecule has 0 N–H and O–H groups in total. The van der Waals surface area contributed by atoms with E-state index in [0.717, 1.165) is 43.3 Å². The molecule has 0 aliphatic carbocycles. The maximum Gasteiger partial charge on any atom is 0.123 e. The lowest BCUT2D eigenvalue weighted by Gasteiger charge is -2.35. The van der Waals surface area contributed by atoms with Gasteiger partial charge in [0.25, 0.3) is 0 Å². The predicted molar refractivity (Wildman–Crippen MR) is 79.4 cm³/mol. The fourth-order valence-electron chi connectivity index (χ4n) is 2.21. The lowest BCUT2D eigenvalue weighted by atomic mass is 9.83. The van der Waals surface area contributed by atoms with Crippen LogP contribution in [0.3, 0.4) is 0 Å². The van der Waals surface area contributed by atoms with Gasteiger partial charge in [-0.15, -0.1) is 0 Å². The zero-order chi connectivity index (χ0) is 13.6. The molecule has 1 aliphatic rings. The summed E-state index contributed by atoms with van der Waals surface area (Å²) >= 11 is 4.49. The van der Waals surface area contributed by atoms with E-state index in [0.29, 0.717) is 13.2 Å². The summed E-state index contributed by atoms with van der Waals surface area (Å²) in [6.07, 6.45) is 2.03. The molecule has 1 aliphatic heterocycles. The van der Waals surface area contributed by atoms with Crippen LogP contribution in [0, 0.1) is 5.41 Å². The fourth-order valence-corrected chi connectivity index (χ4v) is 2.62. The number of rotatable bonds is 6. The average Bonchev–Trinajstić information content (AvgIpc) is 2.47. The highest BCUT2D eigenvalue weighted by atomic mass is 32.1. The van der Waals surface area contributed by atoms with E-state index in [9.17, 15) is 0 Å². The second-order valence-corrected chi connectivity index (χ2v) is 5.28. The van der Waals surface area contributed by atoms with E-state index in [-0.39, 0.29) is 5.41 Å². The van der Waals surface area contributed by atoms with Crippen molar-refractivity contribution < 1.29 is 14.2 Å². The van der Waals surface area contributed by atoms with Gasteiger partial charge in [-0.2, -0.15) is 12.6 Å². The first-order valence-electron chi connectivity index (χ1n) is 6.82. The van der Waals surface area contributed by atoms with E-state index < -0.39 is 0 Å². The normalized spacial score (nSPS) is 18.0. The third kappa shape index (κ3) is 4.05. The molecule has 0 amide bonds. The van der Waals surface area contributed by atoms with E-state index in [1.807, 2.05) is 31.2 Å². The summed E-state index contributed by atoms with van der Waals surface area (Å²) in [5.41, 5.74) is 0.142. The van der Waals surface area contributed by atoms with Crippen molar-refractivity contribution in [2.75, 3.05) is 32.2 Å². The molecule has 4 heteroatoms. The number of ether oxygens (including phenoxy) is 3. The van der Waals surface area contributed by atoms with Gasteiger partial charge in [0.2, 0.25) is 0 Å². The van der Waals surface area contributed by atoms with Crippen molar-refractivity contribution in [1.29, 1.82) is 0 Å². The number of benzene rings is 1. The molecule has 0 saturated carbocycles. The highest BCUT2D eigenvalue weighted by molar-refractivity contribution is 7.80. The van der Waals surface area contributed by atoms with Gasteiger partial charge in [0.05, 0.1) is 13.2 Å². The first-order valence-corrected chi connectivity index (χ1v) is 7.45. The fraction of sp³-hybridized carbons (Fsp3) is 0.600. The summed E-state index contributed by atoms with van der Waals surface area (Å²) in [7, 11) is 0. The molecule has 1 saturated heterocycles. The lowest BCUT2D eigenvalue weighted by molar-refractivity contribution is 0.00307. The molecule has 0 bridgehead atoms. The first-order chi connectivity index (χ1) is 9.28. The van der Waals surface area contributed by atoms with Crippen molar-refractivity contribution in [1.82, 2.24) is 0 Å². The molecule has 0 aromatic heterocycles. The molecule has 0 radical (unpaired) electrons. The van der Waals surface area contributed by atoms with Crippen molar-refractivity contribution in [2.45, 2.75) is 19.8 Å². The second-order valence-electron chi connectivity index (χ2n) is 4.97. The van der Waals surface area contributed by atoms with E-state index in [4.69, 9.17) is 14.2 Å². The molecular weight excluding hydrogens is 260 g/mol. The molecule has 1 heterocycles. The number of hydrogen-bond acceptors (Lipinski definition) is 4. The van der Waals surface area contributed by atoms with E-state index in [1.54, 1.807) is 0 Å². The van der Waals surface area contributed by atoms with Gasteiger partial charge in [0.1, 0.15) is 11.5 Å². The molecule has 0 spiro atoms. The van der Waals surface area contributed by atoms with Gasteiger partial charge in [-0.05, 0) is 37.7 Å². The molecule has 3 nitrogen and oxygen atoms in total.